The fourth-order valence-corrected chi connectivity index (χ4v) is 2.65. The van der Waals surface area contributed by atoms with Crippen molar-refractivity contribution in [2.75, 3.05) is 5.32 Å². The second kappa shape index (κ2) is 7.72. The van der Waals surface area contributed by atoms with Crippen molar-refractivity contribution in [1.82, 2.24) is 24.5 Å². The molecule has 0 bridgehead atoms. The van der Waals surface area contributed by atoms with Crippen LogP contribution in [0, 0.1) is 16.3 Å². The van der Waals surface area contributed by atoms with Gasteiger partial charge in [0.1, 0.15) is 12.1 Å². The summed E-state index contributed by atoms with van der Waals surface area (Å²) < 4.78 is 17.4. The number of amides is 1. The summed E-state index contributed by atoms with van der Waals surface area (Å²) >= 11 is 2.21. The van der Waals surface area contributed by atoms with E-state index in [2.05, 4.69) is 43.1 Å². The quantitative estimate of drug-likeness (QED) is 0.581. The average molecular weight is 454 g/mol. The molecule has 0 saturated heterocycles. The zero-order chi connectivity index (χ0) is 17.8. The summed E-state index contributed by atoms with van der Waals surface area (Å²) in [7, 11) is 0. The summed E-state index contributed by atoms with van der Waals surface area (Å²) in [4.78, 5) is 16.1. The minimum atomic E-state index is -0.280. The first-order valence-electron chi connectivity index (χ1n) is 7.63. The van der Waals surface area contributed by atoms with Crippen LogP contribution >= 0.6 is 22.6 Å². The number of carbonyl (C=O) groups is 1. The standard InChI is InChI=1S/C16H16FIN6O/c1-11-14(18)8-20-24(11)7-6-15(25)21-16-19-10-23(22-16)9-12-2-4-13(17)5-3-12/h2-5,8,10H,6-7,9H2,1H3,(H,21,22,25). The number of carbonyl (C=O) groups excluding carboxylic acids is 1. The highest BCUT2D eigenvalue weighted by Crippen LogP contribution is 2.10. The van der Waals surface area contributed by atoms with E-state index in [0.717, 1.165) is 14.8 Å². The van der Waals surface area contributed by atoms with E-state index in [1.165, 1.54) is 18.5 Å². The van der Waals surface area contributed by atoms with Crippen LogP contribution in [0.2, 0.25) is 0 Å². The van der Waals surface area contributed by atoms with Crippen LogP contribution in [0.4, 0.5) is 10.3 Å². The molecule has 1 aromatic carbocycles. The Bertz CT molecular complexity index is 873. The van der Waals surface area contributed by atoms with Crippen LogP contribution in [-0.2, 0) is 17.9 Å². The Morgan fingerprint density at radius 1 is 1.32 bits per heavy atom. The Balaban J connectivity index is 1.53. The summed E-state index contributed by atoms with van der Waals surface area (Å²) in [6.07, 6.45) is 3.58. The molecule has 2 heterocycles. The Hall–Kier alpha value is -2.30. The van der Waals surface area contributed by atoms with Crippen molar-refractivity contribution in [3.8, 4) is 0 Å². The molecule has 9 heteroatoms. The molecule has 0 radical (unpaired) electrons. The summed E-state index contributed by atoms with van der Waals surface area (Å²) in [5, 5.41) is 11.1. The molecule has 0 spiro atoms. The number of aryl methyl sites for hydroxylation is 1. The third kappa shape index (κ3) is 4.62. The van der Waals surface area contributed by atoms with E-state index in [1.807, 2.05) is 6.92 Å². The van der Waals surface area contributed by atoms with E-state index in [9.17, 15) is 9.18 Å². The van der Waals surface area contributed by atoms with Crippen molar-refractivity contribution in [1.29, 1.82) is 0 Å². The summed E-state index contributed by atoms with van der Waals surface area (Å²) in [5.74, 6) is -0.208. The monoisotopic (exact) mass is 454 g/mol. The van der Waals surface area contributed by atoms with Crippen LogP contribution in [0.3, 0.4) is 0 Å². The molecule has 130 valence electrons. The van der Waals surface area contributed by atoms with Crippen LogP contribution in [0.25, 0.3) is 0 Å². The molecule has 3 aromatic rings. The van der Waals surface area contributed by atoms with Crippen molar-refractivity contribution in [3.63, 3.8) is 0 Å². The maximum Gasteiger partial charge on any atom is 0.248 e. The first kappa shape index (κ1) is 17.5. The SMILES string of the molecule is Cc1c(I)cnn1CCC(=O)Nc1ncn(Cc2ccc(F)cc2)n1. The van der Waals surface area contributed by atoms with Crippen molar-refractivity contribution in [3.05, 3.63) is 57.4 Å². The molecule has 2 aromatic heterocycles. The highest BCUT2D eigenvalue weighted by Gasteiger charge is 2.09. The first-order chi connectivity index (χ1) is 12.0. The molecule has 25 heavy (non-hydrogen) atoms. The molecule has 3 rings (SSSR count). The molecular formula is C16H16FIN6O. The van der Waals surface area contributed by atoms with Gasteiger partial charge in [-0.2, -0.15) is 5.10 Å². The van der Waals surface area contributed by atoms with Gasteiger partial charge in [0, 0.05) is 12.1 Å². The highest BCUT2D eigenvalue weighted by atomic mass is 127. The fourth-order valence-electron chi connectivity index (χ4n) is 2.25. The van der Waals surface area contributed by atoms with Gasteiger partial charge in [0.05, 0.1) is 22.9 Å². The number of hydrogen-bond acceptors (Lipinski definition) is 4. The third-order valence-corrected chi connectivity index (χ3v) is 4.70. The zero-order valence-electron chi connectivity index (χ0n) is 13.5. The van der Waals surface area contributed by atoms with E-state index in [4.69, 9.17) is 0 Å². The first-order valence-corrected chi connectivity index (χ1v) is 8.71. The van der Waals surface area contributed by atoms with Gasteiger partial charge < -0.3 is 0 Å². The summed E-state index contributed by atoms with van der Waals surface area (Å²) in [5.41, 5.74) is 1.93. The minimum absolute atomic E-state index is 0.176. The predicted molar refractivity (Wildman–Crippen MR) is 98.5 cm³/mol. The lowest BCUT2D eigenvalue weighted by atomic mass is 10.2. The van der Waals surface area contributed by atoms with Gasteiger partial charge in [0.2, 0.25) is 11.9 Å². The normalized spacial score (nSPS) is 10.8. The Kier molecular flexibility index (Phi) is 5.41. The van der Waals surface area contributed by atoms with Gasteiger partial charge in [-0.05, 0) is 47.2 Å². The van der Waals surface area contributed by atoms with Gasteiger partial charge >= 0.3 is 0 Å². The molecule has 1 N–H and O–H groups in total. The van der Waals surface area contributed by atoms with E-state index >= 15 is 0 Å². The molecule has 0 unspecified atom stereocenters. The van der Waals surface area contributed by atoms with Crippen molar-refractivity contribution >= 4 is 34.4 Å². The molecule has 0 aliphatic rings. The van der Waals surface area contributed by atoms with Gasteiger partial charge in [-0.25, -0.2) is 14.1 Å². The number of benzene rings is 1. The van der Waals surface area contributed by atoms with Gasteiger partial charge in [-0.1, -0.05) is 12.1 Å². The average Bonchev–Trinajstić information content (AvgIpc) is 3.15. The lowest BCUT2D eigenvalue weighted by Crippen LogP contribution is -2.16. The number of anilines is 1. The van der Waals surface area contributed by atoms with Crippen LogP contribution in [0.15, 0.2) is 36.8 Å². The smallest absolute Gasteiger partial charge is 0.248 e. The molecular weight excluding hydrogens is 438 g/mol. The maximum absolute atomic E-state index is 12.9. The molecule has 0 saturated carbocycles. The zero-order valence-corrected chi connectivity index (χ0v) is 15.6. The van der Waals surface area contributed by atoms with Crippen LogP contribution in [0.1, 0.15) is 17.7 Å². The minimum Gasteiger partial charge on any atom is -0.293 e. The molecule has 0 aliphatic heterocycles. The van der Waals surface area contributed by atoms with E-state index in [1.54, 1.807) is 27.7 Å². The number of aromatic nitrogens is 5. The Morgan fingerprint density at radius 2 is 2.08 bits per heavy atom. The maximum atomic E-state index is 12.9. The van der Waals surface area contributed by atoms with E-state index in [0.29, 0.717) is 13.1 Å². The van der Waals surface area contributed by atoms with Crippen LogP contribution in [0.5, 0.6) is 0 Å². The van der Waals surface area contributed by atoms with E-state index < -0.39 is 0 Å². The number of halogens is 2. The number of nitrogens with one attached hydrogen (secondary N) is 1. The van der Waals surface area contributed by atoms with Gasteiger partial charge in [-0.3, -0.25) is 14.8 Å². The van der Waals surface area contributed by atoms with Crippen LogP contribution in [-0.4, -0.2) is 30.5 Å². The Morgan fingerprint density at radius 3 is 2.76 bits per heavy atom. The van der Waals surface area contributed by atoms with Gasteiger partial charge in [0.15, 0.2) is 0 Å². The molecule has 7 nitrogen and oxygen atoms in total. The lowest BCUT2D eigenvalue weighted by Gasteiger charge is -2.04. The topological polar surface area (TPSA) is 77.6 Å². The van der Waals surface area contributed by atoms with Crippen molar-refractivity contribution < 1.29 is 9.18 Å². The largest absolute Gasteiger partial charge is 0.293 e. The van der Waals surface area contributed by atoms with Crippen LogP contribution < -0.4 is 5.32 Å². The van der Waals surface area contributed by atoms with Crippen molar-refractivity contribution in [2.45, 2.75) is 26.4 Å². The number of rotatable bonds is 6. The molecule has 0 atom stereocenters. The lowest BCUT2D eigenvalue weighted by molar-refractivity contribution is -0.116. The number of hydrogen-bond donors (Lipinski definition) is 1. The summed E-state index contributed by atoms with van der Waals surface area (Å²) in [6, 6.07) is 6.16. The molecule has 1 amide bonds. The Labute approximate surface area is 157 Å². The predicted octanol–water partition coefficient (Wildman–Crippen LogP) is 2.60. The number of nitrogens with zero attached hydrogens (tertiary/aromatic N) is 5. The summed E-state index contributed by atoms with van der Waals surface area (Å²) in [6.45, 7) is 2.91. The van der Waals surface area contributed by atoms with E-state index in [-0.39, 0.29) is 24.1 Å². The molecule has 0 fully saturated rings. The highest BCUT2D eigenvalue weighted by molar-refractivity contribution is 14.1. The second-order valence-electron chi connectivity index (χ2n) is 5.49. The van der Waals surface area contributed by atoms with Gasteiger partial charge in [0.25, 0.3) is 0 Å². The van der Waals surface area contributed by atoms with Crippen molar-refractivity contribution in [2.24, 2.45) is 0 Å². The third-order valence-electron chi connectivity index (χ3n) is 3.64. The second-order valence-corrected chi connectivity index (χ2v) is 6.65. The molecule has 0 aliphatic carbocycles. The fraction of sp³-hybridized carbons (Fsp3) is 0.250. The van der Waals surface area contributed by atoms with Gasteiger partial charge in [-0.15, -0.1) is 5.10 Å².